The predicted octanol–water partition coefficient (Wildman–Crippen LogP) is 6.35. The molecule has 1 N–H and O–H groups in total. The van der Waals surface area contributed by atoms with Crippen LogP contribution in [0.3, 0.4) is 0 Å². The molecule has 2 heterocycles. The number of hydrogen-bond donors (Lipinski definition) is 2. The van der Waals surface area contributed by atoms with E-state index in [-0.39, 0.29) is 41.6 Å². The third-order valence-electron chi connectivity index (χ3n) is 5.06. The van der Waals surface area contributed by atoms with E-state index in [9.17, 15) is 22.4 Å². The van der Waals surface area contributed by atoms with Gasteiger partial charge in [-0.3, -0.25) is 9.88 Å². The molecule has 0 unspecified atom stereocenters. The number of carbonyl (C=O) groups is 1. The maximum absolute atomic E-state index is 14.1. The number of thiol groups is 1. The lowest BCUT2D eigenvalue weighted by molar-refractivity contribution is -0.138. The first-order chi connectivity index (χ1) is 14.8. The van der Waals surface area contributed by atoms with Crippen molar-refractivity contribution < 1.29 is 22.4 Å². The number of benzene rings is 2. The summed E-state index contributed by atoms with van der Waals surface area (Å²) in [5.41, 5.74) is 1.47. The number of aromatic nitrogens is 1. The summed E-state index contributed by atoms with van der Waals surface area (Å²) >= 11 is 4.00. The molecule has 0 saturated heterocycles. The monoisotopic (exact) mass is 483 g/mol. The molecule has 1 aliphatic rings. The Morgan fingerprint density at radius 2 is 1.94 bits per heavy atom. The number of urea groups is 1. The number of hydrogen-bond acceptors (Lipinski definition) is 3. The Morgan fingerprint density at radius 1 is 1.16 bits per heavy atom. The molecule has 168 valence electrons. The Morgan fingerprint density at radius 3 is 2.59 bits per heavy atom. The van der Waals surface area contributed by atoms with Crippen LogP contribution in [0.1, 0.15) is 16.7 Å². The molecule has 1 aliphatic heterocycles. The van der Waals surface area contributed by atoms with E-state index in [4.69, 9.17) is 0 Å². The molecule has 0 atom stereocenters. The van der Waals surface area contributed by atoms with Crippen molar-refractivity contribution >= 4 is 42.4 Å². The number of nitrogens with one attached hydrogen (secondary N) is 1. The summed E-state index contributed by atoms with van der Waals surface area (Å²) in [7, 11) is 0. The van der Waals surface area contributed by atoms with Gasteiger partial charge in [0.2, 0.25) is 0 Å². The highest BCUT2D eigenvalue weighted by Crippen LogP contribution is 2.39. The van der Waals surface area contributed by atoms with Gasteiger partial charge >= 0.3 is 12.2 Å². The first-order valence-corrected chi connectivity index (χ1v) is 10.0. The van der Waals surface area contributed by atoms with Gasteiger partial charge in [-0.05, 0) is 53.4 Å². The van der Waals surface area contributed by atoms with Gasteiger partial charge in [0, 0.05) is 41.6 Å². The van der Waals surface area contributed by atoms with Crippen molar-refractivity contribution in [3.63, 3.8) is 0 Å². The first kappa shape index (κ1) is 23.9. The van der Waals surface area contributed by atoms with Gasteiger partial charge in [0.15, 0.2) is 0 Å². The quantitative estimate of drug-likeness (QED) is 0.336. The van der Waals surface area contributed by atoms with Crippen LogP contribution < -0.4 is 10.2 Å². The normalized spacial score (nSPS) is 12.8. The zero-order valence-corrected chi connectivity index (χ0v) is 18.2. The smallest absolute Gasteiger partial charge is 0.307 e. The minimum absolute atomic E-state index is 0. The van der Waals surface area contributed by atoms with Crippen molar-refractivity contribution in [1.82, 2.24) is 4.98 Å². The zero-order valence-electron chi connectivity index (χ0n) is 16.5. The van der Waals surface area contributed by atoms with Crippen LogP contribution in [0.5, 0.6) is 0 Å². The fraction of sp³-hybridized carbons (Fsp3) is 0.182. The van der Waals surface area contributed by atoms with Crippen LogP contribution in [-0.2, 0) is 18.3 Å². The molecule has 2 amide bonds. The third kappa shape index (κ3) is 4.83. The van der Waals surface area contributed by atoms with Gasteiger partial charge in [0.05, 0.1) is 5.56 Å². The van der Waals surface area contributed by atoms with Crippen LogP contribution in [0, 0.1) is 5.82 Å². The fourth-order valence-electron chi connectivity index (χ4n) is 3.65. The molecule has 2 aromatic carbocycles. The molecule has 4 nitrogen and oxygen atoms in total. The van der Waals surface area contributed by atoms with E-state index in [1.807, 2.05) is 0 Å². The van der Waals surface area contributed by atoms with Crippen molar-refractivity contribution in [1.29, 1.82) is 0 Å². The van der Waals surface area contributed by atoms with Gasteiger partial charge in [-0.25, -0.2) is 9.18 Å². The number of anilines is 2. The van der Waals surface area contributed by atoms with Crippen molar-refractivity contribution in [2.75, 3.05) is 16.8 Å². The van der Waals surface area contributed by atoms with Gasteiger partial charge in [0.25, 0.3) is 0 Å². The van der Waals surface area contributed by atoms with Gasteiger partial charge in [-0.15, -0.1) is 12.4 Å². The summed E-state index contributed by atoms with van der Waals surface area (Å²) in [6, 6.07) is 9.31. The summed E-state index contributed by atoms with van der Waals surface area (Å²) in [6.45, 7) is 0.221. The van der Waals surface area contributed by atoms with Gasteiger partial charge < -0.3 is 5.32 Å². The number of rotatable bonds is 3. The number of fused-ring (bicyclic) bond motifs is 1. The molecule has 4 rings (SSSR count). The Balaban J connectivity index is 0.00000289. The highest BCUT2D eigenvalue weighted by molar-refractivity contribution is 7.79. The van der Waals surface area contributed by atoms with Gasteiger partial charge in [-0.2, -0.15) is 25.8 Å². The zero-order chi connectivity index (χ0) is 22.2. The second-order valence-corrected chi connectivity index (χ2v) is 7.41. The average molecular weight is 484 g/mol. The Hall–Kier alpha value is -2.78. The largest absolute Gasteiger partial charge is 0.416 e. The van der Waals surface area contributed by atoms with Crippen LogP contribution >= 0.6 is 25.0 Å². The van der Waals surface area contributed by atoms with Crippen LogP contribution in [0.15, 0.2) is 54.9 Å². The van der Waals surface area contributed by atoms with Crippen molar-refractivity contribution in [3.8, 4) is 11.1 Å². The SMILES string of the molecule is Cl.O=C(Nc1cc(F)cc(-c2cccnc2)c1)N1CCc2cc(CS)c(C(F)(F)F)cc21. The van der Waals surface area contributed by atoms with E-state index in [1.54, 1.807) is 30.6 Å². The summed E-state index contributed by atoms with van der Waals surface area (Å²) in [6.07, 6.45) is -0.982. The van der Waals surface area contributed by atoms with E-state index in [0.29, 0.717) is 23.1 Å². The van der Waals surface area contributed by atoms with Crippen LogP contribution in [0.4, 0.5) is 33.7 Å². The summed E-state index contributed by atoms with van der Waals surface area (Å²) in [5, 5.41) is 2.59. The van der Waals surface area contributed by atoms with Crippen LogP contribution in [0.25, 0.3) is 11.1 Å². The molecular weight excluding hydrogens is 466 g/mol. The average Bonchev–Trinajstić information content (AvgIpc) is 3.15. The maximum atomic E-state index is 14.1. The molecule has 0 radical (unpaired) electrons. The summed E-state index contributed by atoms with van der Waals surface area (Å²) in [4.78, 5) is 18.1. The lowest BCUT2D eigenvalue weighted by Gasteiger charge is -2.21. The van der Waals surface area contributed by atoms with E-state index in [1.165, 1.54) is 17.0 Å². The first-order valence-electron chi connectivity index (χ1n) is 9.39. The Bertz CT molecular complexity index is 1140. The third-order valence-corrected chi connectivity index (χ3v) is 5.41. The molecule has 1 aromatic heterocycles. The lowest BCUT2D eigenvalue weighted by Crippen LogP contribution is -2.33. The molecule has 0 spiro atoms. The topological polar surface area (TPSA) is 45.2 Å². The van der Waals surface area contributed by atoms with E-state index >= 15 is 0 Å². The molecule has 0 bridgehead atoms. The molecular formula is C22H18ClF4N3OS. The van der Waals surface area contributed by atoms with Gasteiger partial charge in [0.1, 0.15) is 5.82 Å². The molecule has 3 aromatic rings. The molecule has 0 fully saturated rings. The molecule has 0 saturated carbocycles. The molecule has 0 aliphatic carbocycles. The second kappa shape index (κ2) is 9.38. The van der Waals surface area contributed by atoms with E-state index in [2.05, 4.69) is 22.9 Å². The highest BCUT2D eigenvalue weighted by Gasteiger charge is 2.36. The van der Waals surface area contributed by atoms with E-state index < -0.39 is 23.6 Å². The molecule has 32 heavy (non-hydrogen) atoms. The number of carbonyl (C=O) groups excluding carboxylic acids is 1. The molecule has 10 heteroatoms. The summed E-state index contributed by atoms with van der Waals surface area (Å²) in [5.74, 6) is -0.620. The number of pyridine rings is 1. The second-order valence-electron chi connectivity index (χ2n) is 7.10. The van der Waals surface area contributed by atoms with Gasteiger partial charge in [-0.1, -0.05) is 12.1 Å². The number of alkyl halides is 3. The minimum atomic E-state index is -4.56. The standard InChI is InChI=1S/C22H17F4N3OS.ClH/c23-17-7-15(14-2-1-4-27-11-14)8-18(9-17)28-21(30)29-5-3-13-6-16(12-31)19(10-20(13)29)22(24,25)26;/h1-2,4,6-11,31H,3,5,12H2,(H,28,30);1H. The number of halogens is 5. The Labute approximate surface area is 193 Å². The maximum Gasteiger partial charge on any atom is 0.416 e. The van der Waals surface area contributed by atoms with Crippen molar-refractivity contribution in [2.45, 2.75) is 18.3 Å². The summed E-state index contributed by atoms with van der Waals surface area (Å²) < 4.78 is 54.4. The minimum Gasteiger partial charge on any atom is -0.307 e. The van der Waals surface area contributed by atoms with Crippen LogP contribution in [-0.4, -0.2) is 17.6 Å². The fourth-order valence-corrected chi connectivity index (χ4v) is 3.91. The number of amides is 2. The Kier molecular flexibility index (Phi) is 7.00. The lowest BCUT2D eigenvalue weighted by atomic mass is 10.0. The van der Waals surface area contributed by atoms with E-state index in [0.717, 1.165) is 12.1 Å². The van der Waals surface area contributed by atoms with Crippen LogP contribution in [0.2, 0.25) is 0 Å². The predicted molar refractivity (Wildman–Crippen MR) is 121 cm³/mol. The van der Waals surface area contributed by atoms with Crippen molar-refractivity contribution in [2.24, 2.45) is 0 Å². The van der Waals surface area contributed by atoms with Crippen molar-refractivity contribution in [3.05, 3.63) is 77.4 Å². The number of nitrogens with zero attached hydrogens (tertiary/aromatic N) is 2. The highest BCUT2D eigenvalue weighted by atomic mass is 35.5.